The summed E-state index contributed by atoms with van der Waals surface area (Å²) in [7, 11) is 1.75. The molecule has 2 saturated heterocycles. The topological polar surface area (TPSA) is 111 Å². The highest BCUT2D eigenvalue weighted by Gasteiger charge is 2.46. The molecule has 0 unspecified atom stereocenters. The van der Waals surface area contributed by atoms with Crippen LogP contribution >= 0.6 is 12.4 Å². The van der Waals surface area contributed by atoms with Crippen LogP contribution in [0.5, 0.6) is 0 Å². The summed E-state index contributed by atoms with van der Waals surface area (Å²) in [5.41, 5.74) is 3.05. The Labute approximate surface area is 264 Å². The molecule has 2 aromatic carbocycles. The molecule has 9 nitrogen and oxygen atoms in total. The Morgan fingerprint density at radius 3 is 2.48 bits per heavy atom. The Morgan fingerprint density at radius 2 is 1.73 bits per heavy atom. The number of amides is 4. The van der Waals surface area contributed by atoms with Gasteiger partial charge in [0.2, 0.25) is 23.6 Å². The van der Waals surface area contributed by atoms with Crippen LogP contribution in [-0.4, -0.2) is 78.2 Å². The summed E-state index contributed by atoms with van der Waals surface area (Å²) in [6.07, 6.45) is 4.58. The lowest BCUT2D eigenvalue weighted by atomic mass is 9.87. The lowest BCUT2D eigenvalue weighted by Gasteiger charge is -2.39. The van der Waals surface area contributed by atoms with Crippen molar-refractivity contribution >= 4 is 36.0 Å². The number of aryl methyl sites for hydroxylation is 1. The van der Waals surface area contributed by atoms with E-state index in [0.717, 1.165) is 24.8 Å². The van der Waals surface area contributed by atoms with Crippen LogP contribution in [0.3, 0.4) is 0 Å². The van der Waals surface area contributed by atoms with Crippen LogP contribution in [0.2, 0.25) is 0 Å². The van der Waals surface area contributed by atoms with Crippen LogP contribution in [0.15, 0.2) is 48.5 Å². The van der Waals surface area contributed by atoms with Crippen molar-refractivity contribution < 1.29 is 23.6 Å². The number of fused-ring (bicyclic) bond motifs is 2. The molecule has 11 heteroatoms. The van der Waals surface area contributed by atoms with Crippen molar-refractivity contribution in [2.45, 2.75) is 76.0 Å². The quantitative estimate of drug-likeness (QED) is 0.417. The third kappa shape index (κ3) is 7.58. The molecule has 2 heterocycles. The molecule has 0 radical (unpaired) electrons. The van der Waals surface area contributed by atoms with Gasteiger partial charge in [0.05, 0.1) is 12.5 Å². The van der Waals surface area contributed by atoms with E-state index in [1.165, 1.54) is 17.7 Å². The zero-order chi connectivity index (χ0) is 30.5. The fraction of sp³-hybridized carbons (Fsp3) is 0.515. The third-order valence-corrected chi connectivity index (χ3v) is 9.07. The molecule has 2 fully saturated rings. The maximum absolute atomic E-state index is 14.2. The van der Waals surface area contributed by atoms with E-state index in [4.69, 9.17) is 0 Å². The summed E-state index contributed by atoms with van der Waals surface area (Å²) >= 11 is 0. The molecule has 2 aromatic rings. The molecule has 3 N–H and O–H groups in total. The summed E-state index contributed by atoms with van der Waals surface area (Å²) in [6, 6.07) is 12.0. The van der Waals surface area contributed by atoms with Gasteiger partial charge in [0.1, 0.15) is 17.9 Å². The molecule has 4 amide bonds. The van der Waals surface area contributed by atoms with Gasteiger partial charge in [-0.2, -0.15) is 0 Å². The van der Waals surface area contributed by atoms with E-state index in [9.17, 15) is 23.6 Å². The lowest BCUT2D eigenvalue weighted by molar-refractivity contribution is -0.147. The van der Waals surface area contributed by atoms with Gasteiger partial charge in [0.25, 0.3) is 0 Å². The molecular formula is C33H43ClFN5O4. The zero-order valence-electron chi connectivity index (χ0n) is 25.4. The molecule has 0 saturated carbocycles. The second-order valence-electron chi connectivity index (χ2n) is 12.1. The van der Waals surface area contributed by atoms with Crippen molar-refractivity contribution in [3.63, 3.8) is 0 Å². The van der Waals surface area contributed by atoms with Crippen LogP contribution in [-0.2, 0) is 32.0 Å². The number of nitrogens with zero attached hydrogens (tertiary/aromatic N) is 2. The van der Waals surface area contributed by atoms with Crippen molar-refractivity contribution in [3.05, 3.63) is 71.0 Å². The summed E-state index contributed by atoms with van der Waals surface area (Å²) in [5.74, 6) is -1.77. The highest BCUT2D eigenvalue weighted by Crippen LogP contribution is 2.33. The molecule has 1 aliphatic carbocycles. The minimum atomic E-state index is -0.990. The molecule has 5 atom stereocenters. The van der Waals surface area contributed by atoms with Gasteiger partial charge in [-0.3, -0.25) is 19.2 Å². The van der Waals surface area contributed by atoms with E-state index < -0.39 is 18.0 Å². The van der Waals surface area contributed by atoms with Crippen LogP contribution < -0.4 is 16.0 Å². The van der Waals surface area contributed by atoms with Gasteiger partial charge in [-0.05, 0) is 74.4 Å². The van der Waals surface area contributed by atoms with Crippen LogP contribution in [0, 0.1) is 11.7 Å². The fourth-order valence-electron chi connectivity index (χ4n) is 6.74. The third-order valence-electron chi connectivity index (χ3n) is 9.07. The number of nitrogens with one attached hydrogen (secondary N) is 3. The van der Waals surface area contributed by atoms with Crippen LogP contribution in [0.25, 0.3) is 0 Å². The Kier molecular flexibility index (Phi) is 11.4. The standard InChI is InChI=1S/C33H42FN5O4.ClH/c1-21(19-35-2)31(41)37-28-20-38(30(40)18-22-10-12-24(34)13-11-22)17-16-25-14-15-29(39(25)33(28)43)32(42)36-27-9-5-7-23-6-3-4-8-26(23)27;/h3-4,6,8,10-13,21,25,27-29,35H,5,7,9,14-20H2,1-2H3,(H,36,42)(H,37,41);1H/t21-,25-,27-,28+,29+;/m1./s1. The normalized spacial score (nSPS) is 23.8. The van der Waals surface area contributed by atoms with Crippen LogP contribution in [0.1, 0.15) is 61.8 Å². The number of benzene rings is 2. The van der Waals surface area contributed by atoms with E-state index in [-0.39, 0.29) is 66.9 Å². The van der Waals surface area contributed by atoms with Crippen molar-refractivity contribution in [2.75, 3.05) is 26.7 Å². The molecule has 2 aliphatic heterocycles. The van der Waals surface area contributed by atoms with Gasteiger partial charge in [0, 0.05) is 31.6 Å². The zero-order valence-corrected chi connectivity index (χ0v) is 26.2. The Bertz CT molecular complexity index is 1340. The molecule has 238 valence electrons. The monoisotopic (exact) mass is 627 g/mol. The SMILES string of the molecule is CNC[C@@H](C)C(=O)N[C@H]1CN(C(=O)Cc2ccc(F)cc2)CC[C@H]2CC[C@@H](C(=O)N[C@@H]3CCCc4ccccc43)N2C1=O.Cl. The van der Waals surface area contributed by atoms with Gasteiger partial charge in [-0.25, -0.2) is 4.39 Å². The second-order valence-corrected chi connectivity index (χ2v) is 12.1. The Hall–Kier alpha value is -3.50. The van der Waals surface area contributed by atoms with E-state index >= 15 is 0 Å². The summed E-state index contributed by atoms with van der Waals surface area (Å²) < 4.78 is 13.4. The summed E-state index contributed by atoms with van der Waals surface area (Å²) in [4.78, 5) is 57.7. The lowest BCUT2D eigenvalue weighted by Crippen LogP contribution is -2.62. The predicted molar refractivity (Wildman–Crippen MR) is 167 cm³/mol. The van der Waals surface area contributed by atoms with Crippen molar-refractivity contribution in [1.29, 1.82) is 0 Å². The smallest absolute Gasteiger partial charge is 0.247 e. The van der Waals surface area contributed by atoms with Gasteiger partial charge in [0.15, 0.2) is 0 Å². The first-order valence-electron chi connectivity index (χ1n) is 15.4. The highest BCUT2D eigenvalue weighted by atomic mass is 35.5. The van der Waals surface area contributed by atoms with E-state index in [1.54, 1.807) is 35.9 Å². The number of carbonyl (C=O) groups excluding carboxylic acids is 4. The maximum Gasteiger partial charge on any atom is 0.247 e. The first-order chi connectivity index (χ1) is 20.7. The van der Waals surface area contributed by atoms with Crippen molar-refractivity contribution in [2.24, 2.45) is 5.92 Å². The average molecular weight is 628 g/mol. The Balaban J connectivity index is 0.00000442. The van der Waals surface area contributed by atoms with Crippen molar-refractivity contribution in [1.82, 2.24) is 25.8 Å². The first-order valence-corrected chi connectivity index (χ1v) is 15.4. The average Bonchev–Trinajstić information content (AvgIpc) is 3.42. The largest absolute Gasteiger partial charge is 0.347 e. The number of rotatable bonds is 8. The maximum atomic E-state index is 14.2. The molecular weight excluding hydrogens is 585 g/mol. The van der Waals surface area contributed by atoms with Gasteiger partial charge < -0.3 is 25.8 Å². The molecule has 44 heavy (non-hydrogen) atoms. The van der Waals surface area contributed by atoms with Gasteiger partial charge in [-0.15, -0.1) is 12.4 Å². The van der Waals surface area contributed by atoms with E-state index in [1.807, 2.05) is 12.1 Å². The second kappa shape index (κ2) is 15.0. The minimum absolute atomic E-state index is 0. The number of carbonyl (C=O) groups is 4. The molecule has 3 aliphatic rings. The molecule has 0 spiro atoms. The fourth-order valence-corrected chi connectivity index (χ4v) is 6.74. The van der Waals surface area contributed by atoms with E-state index in [0.29, 0.717) is 37.9 Å². The van der Waals surface area contributed by atoms with Crippen molar-refractivity contribution in [3.8, 4) is 0 Å². The number of hydrogen-bond acceptors (Lipinski definition) is 5. The molecule has 0 bridgehead atoms. The van der Waals surface area contributed by atoms with Gasteiger partial charge >= 0.3 is 0 Å². The first kappa shape index (κ1) is 33.4. The molecule has 0 aromatic heterocycles. The summed E-state index contributed by atoms with van der Waals surface area (Å²) in [5, 5.41) is 9.12. The van der Waals surface area contributed by atoms with Gasteiger partial charge in [-0.1, -0.05) is 43.3 Å². The number of hydrogen-bond donors (Lipinski definition) is 3. The minimum Gasteiger partial charge on any atom is -0.347 e. The highest BCUT2D eigenvalue weighted by molar-refractivity contribution is 5.94. The van der Waals surface area contributed by atoms with Crippen LogP contribution in [0.4, 0.5) is 4.39 Å². The summed E-state index contributed by atoms with van der Waals surface area (Å²) in [6.45, 7) is 2.59. The number of halogens is 2. The Morgan fingerprint density at radius 1 is 0.977 bits per heavy atom. The predicted octanol–water partition coefficient (Wildman–Crippen LogP) is 2.92. The van der Waals surface area contributed by atoms with E-state index in [2.05, 4.69) is 28.1 Å². The molecule has 5 rings (SSSR count).